The number of rotatable bonds is 6. The van der Waals surface area contributed by atoms with Crippen molar-refractivity contribution >= 4 is 23.4 Å². The second-order valence-corrected chi connectivity index (χ2v) is 5.47. The van der Waals surface area contributed by atoms with E-state index in [1.54, 1.807) is 0 Å². The van der Waals surface area contributed by atoms with Gasteiger partial charge in [-0.15, -0.1) is 13.2 Å². The number of aromatic amines is 1. The van der Waals surface area contributed by atoms with Crippen molar-refractivity contribution in [1.29, 1.82) is 0 Å². The van der Waals surface area contributed by atoms with Crippen molar-refractivity contribution in [3.63, 3.8) is 0 Å². The van der Waals surface area contributed by atoms with Crippen LogP contribution >= 0.6 is 11.8 Å². The predicted octanol–water partition coefficient (Wildman–Crippen LogP) is 2.41. The molecule has 0 saturated heterocycles. The number of nitrogens with one attached hydrogen (secondary N) is 2. The lowest BCUT2D eigenvalue weighted by Gasteiger charge is -2.10. The zero-order valence-electron chi connectivity index (χ0n) is 12.7. The molecule has 2 N–H and O–H groups in total. The Morgan fingerprint density at radius 2 is 2.00 bits per heavy atom. The van der Waals surface area contributed by atoms with Crippen molar-refractivity contribution in [3.8, 4) is 11.6 Å². The Labute approximate surface area is 143 Å². The number of alkyl halides is 3. The number of aromatic nitrogens is 2. The SMILES string of the molecule is COc1cc(=O)[nH]c(SCC(=O)Nc2ccc(OC(F)(F)F)cc2)n1. The van der Waals surface area contributed by atoms with E-state index >= 15 is 0 Å². The highest BCUT2D eigenvalue weighted by Crippen LogP contribution is 2.24. The number of hydrogen-bond acceptors (Lipinski definition) is 6. The van der Waals surface area contributed by atoms with Gasteiger partial charge in [0.05, 0.1) is 18.9 Å². The summed E-state index contributed by atoms with van der Waals surface area (Å²) in [5.74, 6) is -0.776. The van der Waals surface area contributed by atoms with E-state index in [4.69, 9.17) is 4.74 Å². The first-order chi connectivity index (χ1) is 11.7. The highest BCUT2D eigenvalue weighted by molar-refractivity contribution is 7.99. The number of H-pyrrole nitrogens is 1. The fourth-order valence-electron chi connectivity index (χ4n) is 1.66. The molecule has 0 spiro atoms. The van der Waals surface area contributed by atoms with Gasteiger partial charge in [0.25, 0.3) is 5.56 Å². The van der Waals surface area contributed by atoms with Gasteiger partial charge in [-0.2, -0.15) is 4.98 Å². The Hall–Kier alpha value is -2.69. The highest BCUT2D eigenvalue weighted by Gasteiger charge is 2.30. The minimum absolute atomic E-state index is 0.0725. The van der Waals surface area contributed by atoms with Crippen LogP contribution in [-0.4, -0.2) is 35.1 Å². The van der Waals surface area contributed by atoms with Gasteiger partial charge in [0, 0.05) is 5.69 Å². The van der Waals surface area contributed by atoms with Gasteiger partial charge in [0.15, 0.2) is 5.16 Å². The fourth-order valence-corrected chi connectivity index (χ4v) is 2.33. The van der Waals surface area contributed by atoms with Gasteiger partial charge in [-0.05, 0) is 24.3 Å². The summed E-state index contributed by atoms with van der Waals surface area (Å²) in [6, 6.07) is 5.87. The van der Waals surface area contributed by atoms with E-state index < -0.39 is 23.6 Å². The monoisotopic (exact) mass is 375 g/mol. The molecule has 0 atom stereocenters. The van der Waals surface area contributed by atoms with Crippen molar-refractivity contribution in [3.05, 3.63) is 40.7 Å². The molecule has 0 unspecified atom stereocenters. The molecule has 1 aromatic carbocycles. The molecule has 1 heterocycles. The number of thioether (sulfide) groups is 1. The smallest absolute Gasteiger partial charge is 0.481 e. The van der Waals surface area contributed by atoms with Crippen LogP contribution in [0.25, 0.3) is 0 Å². The van der Waals surface area contributed by atoms with Gasteiger partial charge < -0.3 is 19.8 Å². The van der Waals surface area contributed by atoms with E-state index in [1.165, 1.54) is 19.2 Å². The molecular formula is C14H12F3N3O4S. The highest BCUT2D eigenvalue weighted by atomic mass is 32.2. The van der Waals surface area contributed by atoms with E-state index in [0.29, 0.717) is 5.69 Å². The number of ether oxygens (including phenoxy) is 2. The Morgan fingerprint density at radius 1 is 1.32 bits per heavy atom. The summed E-state index contributed by atoms with van der Waals surface area (Å²) in [5.41, 5.74) is -0.123. The van der Waals surface area contributed by atoms with Gasteiger partial charge in [0.1, 0.15) is 5.75 Å². The number of anilines is 1. The molecule has 0 aliphatic heterocycles. The molecule has 11 heteroatoms. The maximum atomic E-state index is 12.1. The summed E-state index contributed by atoms with van der Waals surface area (Å²) in [6.07, 6.45) is -4.78. The first-order valence-electron chi connectivity index (χ1n) is 6.69. The summed E-state index contributed by atoms with van der Waals surface area (Å²) in [7, 11) is 1.36. The Morgan fingerprint density at radius 3 is 2.60 bits per heavy atom. The summed E-state index contributed by atoms with van der Waals surface area (Å²) in [4.78, 5) is 29.6. The van der Waals surface area contributed by atoms with Crippen LogP contribution in [-0.2, 0) is 4.79 Å². The number of halogens is 3. The second kappa shape index (κ2) is 7.92. The van der Waals surface area contributed by atoms with E-state index in [9.17, 15) is 22.8 Å². The third kappa shape index (κ3) is 6.37. The second-order valence-electron chi connectivity index (χ2n) is 4.50. The van der Waals surface area contributed by atoms with E-state index in [0.717, 1.165) is 30.0 Å². The summed E-state index contributed by atoms with van der Waals surface area (Å²) < 4.78 is 44.8. The van der Waals surface area contributed by atoms with Gasteiger partial charge in [-0.25, -0.2) is 0 Å². The normalized spacial score (nSPS) is 11.0. The lowest BCUT2D eigenvalue weighted by molar-refractivity contribution is -0.274. The zero-order valence-corrected chi connectivity index (χ0v) is 13.5. The quantitative estimate of drug-likeness (QED) is 0.595. The van der Waals surface area contributed by atoms with Crippen LogP contribution in [0.2, 0.25) is 0 Å². The third-order valence-electron chi connectivity index (χ3n) is 2.62. The predicted molar refractivity (Wildman–Crippen MR) is 83.9 cm³/mol. The van der Waals surface area contributed by atoms with E-state index in [-0.39, 0.29) is 16.8 Å². The molecule has 0 aliphatic carbocycles. The van der Waals surface area contributed by atoms with Crippen LogP contribution in [0.15, 0.2) is 40.3 Å². The first kappa shape index (κ1) is 18.6. The topological polar surface area (TPSA) is 93.3 Å². The van der Waals surface area contributed by atoms with Crippen molar-refractivity contribution in [2.24, 2.45) is 0 Å². The van der Waals surface area contributed by atoms with Gasteiger partial charge in [-0.1, -0.05) is 11.8 Å². The van der Waals surface area contributed by atoms with Crippen LogP contribution in [0.1, 0.15) is 0 Å². The molecule has 25 heavy (non-hydrogen) atoms. The molecule has 2 aromatic rings. The number of hydrogen-bond donors (Lipinski definition) is 2. The van der Waals surface area contributed by atoms with Crippen LogP contribution in [0.3, 0.4) is 0 Å². The lowest BCUT2D eigenvalue weighted by atomic mass is 10.3. The van der Waals surface area contributed by atoms with Crippen LogP contribution in [0, 0.1) is 0 Å². The summed E-state index contributed by atoms with van der Waals surface area (Å²) in [5, 5.41) is 2.70. The van der Waals surface area contributed by atoms with Crippen molar-refractivity contribution < 1.29 is 27.4 Å². The molecule has 1 amide bonds. The minimum atomic E-state index is -4.78. The first-order valence-corrected chi connectivity index (χ1v) is 7.67. The molecule has 0 radical (unpaired) electrons. The molecule has 0 fully saturated rings. The number of carbonyl (C=O) groups is 1. The largest absolute Gasteiger partial charge is 0.573 e. The average Bonchev–Trinajstić information content (AvgIpc) is 2.53. The lowest BCUT2D eigenvalue weighted by Crippen LogP contribution is -2.17. The van der Waals surface area contributed by atoms with Crippen molar-refractivity contribution in [2.45, 2.75) is 11.5 Å². The number of benzene rings is 1. The van der Waals surface area contributed by atoms with Crippen molar-refractivity contribution in [2.75, 3.05) is 18.2 Å². The Kier molecular flexibility index (Phi) is 5.91. The van der Waals surface area contributed by atoms with Crippen LogP contribution in [0.5, 0.6) is 11.6 Å². The third-order valence-corrected chi connectivity index (χ3v) is 3.49. The maximum Gasteiger partial charge on any atom is 0.573 e. The summed E-state index contributed by atoms with van der Waals surface area (Å²) in [6.45, 7) is 0. The molecule has 1 aromatic heterocycles. The summed E-state index contributed by atoms with van der Waals surface area (Å²) >= 11 is 0.970. The molecule has 134 valence electrons. The molecular weight excluding hydrogens is 363 g/mol. The van der Waals surface area contributed by atoms with Crippen LogP contribution in [0.4, 0.5) is 18.9 Å². The van der Waals surface area contributed by atoms with E-state index in [1.807, 2.05) is 0 Å². The Balaban J connectivity index is 1.90. The van der Waals surface area contributed by atoms with Gasteiger partial charge >= 0.3 is 6.36 Å². The van der Waals surface area contributed by atoms with Gasteiger partial charge in [0.2, 0.25) is 11.8 Å². The van der Waals surface area contributed by atoms with E-state index in [2.05, 4.69) is 20.0 Å². The van der Waals surface area contributed by atoms with Gasteiger partial charge in [-0.3, -0.25) is 9.59 Å². The standard InChI is InChI=1S/C14H12F3N3O4S/c1-23-12-6-10(21)19-13(20-12)25-7-11(22)18-8-2-4-9(5-3-8)24-14(15,16)17/h2-6H,7H2,1H3,(H,18,22)(H,19,20,21). The molecule has 0 saturated carbocycles. The number of methoxy groups -OCH3 is 1. The molecule has 0 aliphatic rings. The Bertz CT molecular complexity index is 793. The number of nitrogens with zero attached hydrogens (tertiary/aromatic N) is 1. The molecule has 7 nitrogen and oxygen atoms in total. The minimum Gasteiger partial charge on any atom is -0.481 e. The molecule has 2 rings (SSSR count). The van der Waals surface area contributed by atoms with Crippen molar-refractivity contribution in [1.82, 2.24) is 9.97 Å². The molecule has 0 bridgehead atoms. The zero-order chi connectivity index (χ0) is 18.4. The number of amides is 1. The average molecular weight is 375 g/mol. The fraction of sp³-hybridized carbons (Fsp3) is 0.214. The van der Waals surface area contributed by atoms with Crippen LogP contribution < -0.4 is 20.3 Å². The maximum absolute atomic E-state index is 12.1. The number of carbonyl (C=O) groups excluding carboxylic acids is 1.